The summed E-state index contributed by atoms with van der Waals surface area (Å²) in [4.78, 5) is 7.21. The number of piperidine rings is 1. The molecule has 0 aromatic heterocycles. The van der Waals surface area contributed by atoms with E-state index in [9.17, 15) is 5.11 Å². The molecule has 1 aromatic rings. The second-order valence-corrected chi connectivity index (χ2v) is 8.68. The van der Waals surface area contributed by atoms with Gasteiger partial charge in [-0.25, -0.2) is 4.99 Å². The molecule has 0 spiro atoms. The van der Waals surface area contributed by atoms with E-state index in [1.54, 1.807) is 0 Å². The van der Waals surface area contributed by atoms with Crippen LogP contribution in [0.1, 0.15) is 38.2 Å². The minimum absolute atomic E-state index is 0.326. The number of aliphatic imine (C=N–C) groups is 1. The first-order chi connectivity index (χ1) is 13.3. The third kappa shape index (κ3) is 6.32. The van der Waals surface area contributed by atoms with Gasteiger partial charge in [0.1, 0.15) is 0 Å². The first-order valence-corrected chi connectivity index (χ1v) is 11.5. The van der Waals surface area contributed by atoms with Gasteiger partial charge in [0.05, 0.1) is 6.54 Å². The molecule has 2 aliphatic heterocycles. The van der Waals surface area contributed by atoms with Crippen molar-refractivity contribution in [1.82, 2.24) is 10.6 Å². The van der Waals surface area contributed by atoms with E-state index in [4.69, 9.17) is 4.99 Å². The monoisotopic (exact) mass is 390 g/mol. The molecule has 0 aliphatic carbocycles. The Morgan fingerprint density at radius 1 is 1.22 bits per heavy atom. The first kappa shape index (κ1) is 20.3. The van der Waals surface area contributed by atoms with Gasteiger partial charge in [0.25, 0.3) is 0 Å². The van der Waals surface area contributed by atoms with Gasteiger partial charge in [-0.05, 0) is 62.0 Å². The molecule has 2 fully saturated rings. The summed E-state index contributed by atoms with van der Waals surface area (Å²) in [5.74, 6) is 3.87. The van der Waals surface area contributed by atoms with Crippen molar-refractivity contribution in [3.05, 3.63) is 29.8 Å². The standard InChI is InChI=1S/C21H34N4OS/c1-2-22-21(24-19-4-3-13-27-16-19)23-14-17-5-7-20(8-6-17)25-11-9-18(15-26)10-12-25/h5-8,18-19,26H,2-4,9-16H2,1H3,(H2,22,23,24). The molecule has 5 nitrogen and oxygen atoms in total. The first-order valence-electron chi connectivity index (χ1n) is 10.4. The molecule has 2 heterocycles. The van der Waals surface area contributed by atoms with E-state index < -0.39 is 0 Å². The van der Waals surface area contributed by atoms with Gasteiger partial charge in [-0.1, -0.05) is 12.1 Å². The number of aliphatic hydroxyl groups excluding tert-OH is 1. The normalized spacial score (nSPS) is 21.9. The molecule has 6 heteroatoms. The fourth-order valence-corrected chi connectivity index (χ4v) is 4.80. The summed E-state index contributed by atoms with van der Waals surface area (Å²) in [7, 11) is 0. The molecule has 0 saturated carbocycles. The number of benzene rings is 1. The van der Waals surface area contributed by atoms with Crippen molar-refractivity contribution in [2.24, 2.45) is 10.9 Å². The topological polar surface area (TPSA) is 59.9 Å². The maximum absolute atomic E-state index is 9.29. The van der Waals surface area contributed by atoms with Crippen LogP contribution in [-0.4, -0.2) is 54.9 Å². The van der Waals surface area contributed by atoms with Crippen LogP contribution in [-0.2, 0) is 6.54 Å². The van der Waals surface area contributed by atoms with Crippen molar-refractivity contribution in [2.45, 2.75) is 45.2 Å². The Kier molecular flexibility index (Phi) is 8.14. The molecule has 3 N–H and O–H groups in total. The summed E-state index contributed by atoms with van der Waals surface area (Å²) in [5, 5.41) is 16.3. The molecule has 0 amide bonds. The quantitative estimate of drug-likeness (QED) is 0.515. The smallest absolute Gasteiger partial charge is 0.191 e. The van der Waals surface area contributed by atoms with E-state index in [0.717, 1.165) is 38.4 Å². The number of aliphatic hydroxyl groups is 1. The number of anilines is 1. The van der Waals surface area contributed by atoms with Crippen molar-refractivity contribution in [3.8, 4) is 0 Å². The van der Waals surface area contributed by atoms with Gasteiger partial charge >= 0.3 is 0 Å². The number of rotatable bonds is 6. The van der Waals surface area contributed by atoms with Crippen LogP contribution in [0.2, 0.25) is 0 Å². The van der Waals surface area contributed by atoms with Crippen molar-refractivity contribution in [1.29, 1.82) is 0 Å². The lowest BCUT2D eigenvalue weighted by atomic mass is 9.97. The van der Waals surface area contributed by atoms with E-state index in [0.29, 0.717) is 25.1 Å². The van der Waals surface area contributed by atoms with Crippen LogP contribution in [0, 0.1) is 5.92 Å². The molecular weight excluding hydrogens is 356 g/mol. The van der Waals surface area contributed by atoms with Crippen LogP contribution in [0.25, 0.3) is 0 Å². The van der Waals surface area contributed by atoms with Gasteiger partial charge in [-0.3, -0.25) is 0 Å². The zero-order valence-electron chi connectivity index (χ0n) is 16.5. The summed E-state index contributed by atoms with van der Waals surface area (Å²) in [6, 6.07) is 9.34. The molecule has 27 heavy (non-hydrogen) atoms. The van der Waals surface area contributed by atoms with Gasteiger partial charge in [0.15, 0.2) is 5.96 Å². The average molecular weight is 391 g/mol. The Labute approximate surface area is 168 Å². The van der Waals surface area contributed by atoms with Crippen molar-refractivity contribution >= 4 is 23.4 Å². The van der Waals surface area contributed by atoms with Crippen LogP contribution < -0.4 is 15.5 Å². The number of thioether (sulfide) groups is 1. The summed E-state index contributed by atoms with van der Waals surface area (Å²) >= 11 is 2.03. The van der Waals surface area contributed by atoms with E-state index >= 15 is 0 Å². The summed E-state index contributed by atoms with van der Waals surface area (Å²) in [6.45, 7) is 6.10. The largest absolute Gasteiger partial charge is 0.396 e. The molecule has 3 rings (SSSR count). The maximum Gasteiger partial charge on any atom is 0.191 e. The minimum Gasteiger partial charge on any atom is -0.396 e. The van der Waals surface area contributed by atoms with Crippen LogP contribution in [0.15, 0.2) is 29.3 Å². The lowest BCUT2D eigenvalue weighted by Crippen LogP contribution is -2.45. The summed E-state index contributed by atoms with van der Waals surface area (Å²) in [5.41, 5.74) is 2.52. The van der Waals surface area contributed by atoms with Gasteiger partial charge < -0.3 is 20.6 Å². The van der Waals surface area contributed by atoms with Crippen molar-refractivity contribution in [2.75, 3.05) is 42.6 Å². The van der Waals surface area contributed by atoms with Crippen LogP contribution in [0.4, 0.5) is 5.69 Å². The SMILES string of the molecule is CCNC(=NCc1ccc(N2CCC(CO)CC2)cc1)NC1CCCSC1. The van der Waals surface area contributed by atoms with Crippen LogP contribution >= 0.6 is 11.8 Å². The lowest BCUT2D eigenvalue weighted by Gasteiger charge is -2.32. The second-order valence-electron chi connectivity index (χ2n) is 7.53. The summed E-state index contributed by atoms with van der Waals surface area (Å²) < 4.78 is 0. The fraction of sp³-hybridized carbons (Fsp3) is 0.667. The molecule has 1 aromatic carbocycles. The van der Waals surface area contributed by atoms with Gasteiger partial charge in [0.2, 0.25) is 0 Å². The number of hydrogen-bond acceptors (Lipinski definition) is 4. The second kappa shape index (κ2) is 10.8. The predicted molar refractivity (Wildman–Crippen MR) is 117 cm³/mol. The number of nitrogens with zero attached hydrogens (tertiary/aromatic N) is 2. The molecule has 150 valence electrons. The molecule has 2 aliphatic rings. The highest BCUT2D eigenvalue weighted by Gasteiger charge is 2.18. The molecule has 1 atom stereocenters. The third-order valence-corrected chi connectivity index (χ3v) is 6.65. The van der Waals surface area contributed by atoms with Gasteiger partial charge in [0, 0.05) is 43.7 Å². The molecule has 2 saturated heterocycles. The van der Waals surface area contributed by atoms with E-state index in [1.165, 1.54) is 35.6 Å². The Morgan fingerprint density at radius 3 is 2.63 bits per heavy atom. The van der Waals surface area contributed by atoms with Crippen molar-refractivity contribution in [3.63, 3.8) is 0 Å². The Bertz CT molecular complexity index is 578. The van der Waals surface area contributed by atoms with Crippen LogP contribution in [0.5, 0.6) is 0 Å². The number of hydrogen-bond donors (Lipinski definition) is 3. The molecule has 0 radical (unpaired) electrons. The van der Waals surface area contributed by atoms with Crippen LogP contribution in [0.3, 0.4) is 0 Å². The Morgan fingerprint density at radius 2 is 2.00 bits per heavy atom. The zero-order valence-corrected chi connectivity index (χ0v) is 17.3. The highest BCUT2D eigenvalue weighted by atomic mass is 32.2. The average Bonchev–Trinajstić information content (AvgIpc) is 2.73. The maximum atomic E-state index is 9.29. The van der Waals surface area contributed by atoms with E-state index in [2.05, 4.69) is 46.7 Å². The Hall–Kier alpha value is -1.40. The highest BCUT2D eigenvalue weighted by Crippen LogP contribution is 2.23. The minimum atomic E-state index is 0.326. The van der Waals surface area contributed by atoms with Crippen molar-refractivity contribution < 1.29 is 5.11 Å². The molecular formula is C21H34N4OS. The van der Waals surface area contributed by atoms with E-state index in [1.807, 2.05) is 11.8 Å². The zero-order chi connectivity index (χ0) is 18.9. The fourth-order valence-electron chi connectivity index (χ4n) is 3.72. The van der Waals surface area contributed by atoms with Gasteiger partial charge in [-0.2, -0.15) is 11.8 Å². The highest BCUT2D eigenvalue weighted by molar-refractivity contribution is 7.99. The summed E-state index contributed by atoms with van der Waals surface area (Å²) in [6.07, 6.45) is 4.69. The third-order valence-electron chi connectivity index (χ3n) is 5.44. The predicted octanol–water partition coefficient (Wildman–Crippen LogP) is 2.85. The lowest BCUT2D eigenvalue weighted by molar-refractivity contribution is 0.203. The number of guanidine groups is 1. The molecule has 0 bridgehead atoms. The van der Waals surface area contributed by atoms with E-state index in [-0.39, 0.29) is 0 Å². The Balaban J connectivity index is 1.53. The number of nitrogens with one attached hydrogen (secondary N) is 2. The van der Waals surface area contributed by atoms with Gasteiger partial charge in [-0.15, -0.1) is 0 Å². The molecule has 1 unspecified atom stereocenters.